The Morgan fingerprint density at radius 3 is 2.11 bits per heavy atom. The molecular weight excluding hydrogens is 285 g/mol. The first-order chi connectivity index (χ1) is 8.54. The fourth-order valence-electron chi connectivity index (χ4n) is 1.41. The molecule has 5 heteroatoms. The molecule has 1 rings (SSSR count). The molecule has 0 heterocycles. The van der Waals surface area contributed by atoms with Crippen LogP contribution in [0.1, 0.15) is 33.3 Å². The summed E-state index contributed by atoms with van der Waals surface area (Å²) < 4.78 is 0. The van der Waals surface area contributed by atoms with Gasteiger partial charge in [-0.2, -0.15) is 0 Å². The smallest absolute Gasteiger partial charge is 0.225 e. The fraction of sp³-hybridized carbons (Fsp3) is 0.500. The molecule has 0 spiro atoms. The second-order valence-electron chi connectivity index (χ2n) is 5.61. The van der Waals surface area contributed by atoms with Gasteiger partial charge in [-0.1, -0.05) is 29.3 Å². The highest BCUT2D eigenvalue weighted by Crippen LogP contribution is 2.25. The maximum absolute atomic E-state index is 12.0. The largest absolute Gasteiger partial charge is 0.388 e. The normalized spacial score (nSPS) is 12.4. The lowest BCUT2D eigenvalue weighted by Gasteiger charge is -2.38. The molecule has 0 aliphatic carbocycles. The zero-order valence-electron chi connectivity index (χ0n) is 11.6. The Balaban J connectivity index is 2.82. The predicted molar refractivity (Wildman–Crippen MR) is 78.7 cm³/mol. The number of benzene rings is 1. The summed E-state index contributed by atoms with van der Waals surface area (Å²) in [5.41, 5.74) is -1.19. The molecule has 0 saturated heterocycles. The molecule has 0 fully saturated rings. The van der Waals surface area contributed by atoms with Crippen LogP contribution in [0.4, 0.5) is 0 Å². The highest BCUT2D eigenvalue weighted by molar-refractivity contribution is 6.36. The van der Waals surface area contributed by atoms with Gasteiger partial charge < -0.3 is 10.4 Å². The molecule has 0 bridgehead atoms. The predicted octanol–water partition coefficient (Wildman–Crippen LogP) is 3.20. The maximum Gasteiger partial charge on any atom is 0.225 e. The Morgan fingerprint density at radius 2 is 1.68 bits per heavy atom. The van der Waals surface area contributed by atoms with Gasteiger partial charge in [0.1, 0.15) is 0 Å². The average Bonchev–Trinajstić information content (AvgIpc) is 2.21. The number of hydrogen-bond donors (Lipinski definition) is 2. The van der Waals surface area contributed by atoms with Crippen LogP contribution in [-0.4, -0.2) is 22.2 Å². The minimum atomic E-state index is -1.03. The van der Waals surface area contributed by atoms with Gasteiger partial charge in [-0.3, -0.25) is 4.79 Å². The molecule has 0 radical (unpaired) electrons. The first kappa shape index (κ1) is 16.3. The third kappa shape index (κ3) is 4.10. The van der Waals surface area contributed by atoms with E-state index in [2.05, 4.69) is 5.32 Å². The van der Waals surface area contributed by atoms with Gasteiger partial charge in [-0.25, -0.2) is 0 Å². The summed E-state index contributed by atoms with van der Waals surface area (Å²) in [6, 6.07) is 5.11. The minimum Gasteiger partial charge on any atom is -0.388 e. The molecule has 0 atom stereocenters. The molecule has 1 aromatic carbocycles. The van der Waals surface area contributed by atoms with Gasteiger partial charge in [0.15, 0.2) is 0 Å². The van der Waals surface area contributed by atoms with Crippen molar-refractivity contribution in [3.63, 3.8) is 0 Å². The number of carbonyl (C=O) groups is 1. The van der Waals surface area contributed by atoms with E-state index in [1.54, 1.807) is 45.9 Å². The summed E-state index contributed by atoms with van der Waals surface area (Å²) in [4.78, 5) is 12.0. The average molecular weight is 304 g/mol. The summed E-state index contributed by atoms with van der Waals surface area (Å²) in [5.74, 6) is -0.234. The topological polar surface area (TPSA) is 49.3 Å². The molecule has 2 N–H and O–H groups in total. The Morgan fingerprint density at radius 1 is 1.21 bits per heavy atom. The van der Waals surface area contributed by atoms with Gasteiger partial charge in [0.2, 0.25) is 5.91 Å². The van der Waals surface area contributed by atoms with E-state index in [1.165, 1.54) is 0 Å². The van der Waals surface area contributed by atoms with Crippen molar-refractivity contribution in [1.82, 2.24) is 5.32 Å². The highest BCUT2D eigenvalue weighted by atomic mass is 35.5. The highest BCUT2D eigenvalue weighted by Gasteiger charge is 2.36. The van der Waals surface area contributed by atoms with Crippen LogP contribution in [0, 0.1) is 0 Å². The lowest BCUT2D eigenvalue weighted by molar-refractivity contribution is -0.125. The molecule has 0 saturated carbocycles. The number of amides is 1. The molecular formula is C14H19Cl2NO2. The van der Waals surface area contributed by atoms with Crippen molar-refractivity contribution in [2.24, 2.45) is 0 Å². The van der Waals surface area contributed by atoms with E-state index >= 15 is 0 Å². The molecule has 0 unspecified atom stereocenters. The Kier molecular flexibility index (Phi) is 4.88. The van der Waals surface area contributed by atoms with Crippen LogP contribution in [0.3, 0.4) is 0 Å². The second-order valence-corrected chi connectivity index (χ2v) is 6.42. The number of nitrogens with one attached hydrogen (secondary N) is 1. The van der Waals surface area contributed by atoms with Crippen molar-refractivity contribution in [2.75, 3.05) is 0 Å². The number of halogens is 2. The van der Waals surface area contributed by atoms with E-state index < -0.39 is 11.1 Å². The van der Waals surface area contributed by atoms with Crippen molar-refractivity contribution in [1.29, 1.82) is 0 Å². The molecule has 1 amide bonds. The molecule has 0 aliphatic rings. The molecule has 19 heavy (non-hydrogen) atoms. The molecule has 106 valence electrons. The van der Waals surface area contributed by atoms with Gasteiger partial charge in [0.05, 0.1) is 17.6 Å². The summed E-state index contributed by atoms with van der Waals surface area (Å²) in [6.07, 6.45) is 0.0814. The van der Waals surface area contributed by atoms with Crippen LogP contribution in [0.25, 0.3) is 0 Å². The number of rotatable bonds is 4. The van der Waals surface area contributed by atoms with Gasteiger partial charge in [0, 0.05) is 10.0 Å². The van der Waals surface area contributed by atoms with E-state index in [1.807, 2.05) is 0 Å². The van der Waals surface area contributed by atoms with Crippen LogP contribution < -0.4 is 5.32 Å². The SMILES string of the molecule is CC(C)(O)C(C)(C)NC(=O)Cc1c(Cl)cccc1Cl. The summed E-state index contributed by atoms with van der Waals surface area (Å²) in [6.45, 7) is 6.82. The summed E-state index contributed by atoms with van der Waals surface area (Å²) in [7, 11) is 0. The molecule has 0 aliphatic heterocycles. The Hall–Kier alpha value is -0.770. The zero-order valence-corrected chi connectivity index (χ0v) is 13.1. The monoisotopic (exact) mass is 303 g/mol. The quantitative estimate of drug-likeness (QED) is 0.897. The van der Waals surface area contributed by atoms with Gasteiger partial charge in [0.25, 0.3) is 0 Å². The van der Waals surface area contributed by atoms with Gasteiger partial charge in [-0.05, 0) is 45.4 Å². The third-order valence-corrected chi connectivity index (χ3v) is 4.09. The van der Waals surface area contributed by atoms with Crippen molar-refractivity contribution < 1.29 is 9.90 Å². The fourth-order valence-corrected chi connectivity index (χ4v) is 1.94. The van der Waals surface area contributed by atoms with Crippen LogP contribution >= 0.6 is 23.2 Å². The van der Waals surface area contributed by atoms with E-state index in [0.29, 0.717) is 15.6 Å². The maximum atomic E-state index is 12.0. The van der Waals surface area contributed by atoms with E-state index in [-0.39, 0.29) is 12.3 Å². The van der Waals surface area contributed by atoms with Crippen molar-refractivity contribution >= 4 is 29.1 Å². The lowest BCUT2D eigenvalue weighted by atomic mass is 9.86. The number of aliphatic hydroxyl groups is 1. The zero-order chi connectivity index (χ0) is 14.8. The summed E-state index contributed by atoms with van der Waals surface area (Å²) in [5, 5.41) is 13.7. The van der Waals surface area contributed by atoms with Crippen molar-refractivity contribution in [2.45, 2.75) is 45.3 Å². The van der Waals surface area contributed by atoms with E-state index in [0.717, 1.165) is 0 Å². The van der Waals surface area contributed by atoms with Crippen LogP contribution in [0.5, 0.6) is 0 Å². The number of carbonyl (C=O) groups excluding carboxylic acids is 1. The molecule has 3 nitrogen and oxygen atoms in total. The van der Waals surface area contributed by atoms with Crippen molar-refractivity contribution in [3.05, 3.63) is 33.8 Å². The lowest BCUT2D eigenvalue weighted by Crippen LogP contribution is -2.58. The number of hydrogen-bond acceptors (Lipinski definition) is 2. The first-order valence-electron chi connectivity index (χ1n) is 6.01. The van der Waals surface area contributed by atoms with Crippen LogP contribution in [0.15, 0.2) is 18.2 Å². The first-order valence-corrected chi connectivity index (χ1v) is 6.76. The van der Waals surface area contributed by atoms with Crippen LogP contribution in [-0.2, 0) is 11.2 Å². The Labute approximate surface area is 123 Å². The summed E-state index contributed by atoms with van der Waals surface area (Å²) >= 11 is 12.0. The van der Waals surface area contributed by atoms with Gasteiger partial charge in [-0.15, -0.1) is 0 Å². The van der Waals surface area contributed by atoms with E-state index in [9.17, 15) is 9.90 Å². The molecule has 1 aromatic rings. The van der Waals surface area contributed by atoms with Crippen LogP contribution in [0.2, 0.25) is 10.0 Å². The van der Waals surface area contributed by atoms with Crippen molar-refractivity contribution in [3.8, 4) is 0 Å². The van der Waals surface area contributed by atoms with Gasteiger partial charge >= 0.3 is 0 Å². The molecule has 0 aromatic heterocycles. The Bertz CT molecular complexity index is 459. The standard InChI is InChI=1S/C14H19Cl2NO2/c1-13(2,14(3,4)19)17-12(18)8-9-10(15)6-5-7-11(9)16/h5-7,19H,8H2,1-4H3,(H,17,18). The third-order valence-electron chi connectivity index (χ3n) is 3.38. The second kappa shape index (κ2) is 5.70. The van der Waals surface area contributed by atoms with E-state index in [4.69, 9.17) is 23.2 Å². The minimum absolute atomic E-state index is 0.0814.